The van der Waals surface area contributed by atoms with E-state index in [9.17, 15) is 9.59 Å². The van der Waals surface area contributed by atoms with Crippen LogP contribution in [0.15, 0.2) is 23.2 Å². The van der Waals surface area contributed by atoms with Crippen molar-refractivity contribution in [3.05, 3.63) is 29.6 Å². The highest BCUT2D eigenvalue weighted by Gasteiger charge is 2.38. The van der Waals surface area contributed by atoms with Crippen LogP contribution in [0, 0.1) is 0 Å². The van der Waals surface area contributed by atoms with Gasteiger partial charge in [-0.3, -0.25) is 15.3 Å². The Balaban J connectivity index is 0.000000374. The number of nitrogens with one attached hydrogen (secondary N) is 1. The third-order valence-corrected chi connectivity index (χ3v) is 6.75. The molecule has 5 rings (SSSR count). The van der Waals surface area contributed by atoms with Crippen LogP contribution in [0.5, 0.6) is 5.75 Å². The number of hydrogen-bond donors (Lipinski definition) is 4. The summed E-state index contributed by atoms with van der Waals surface area (Å²) >= 11 is 0. The molecule has 3 aliphatic rings. The van der Waals surface area contributed by atoms with E-state index in [0.717, 1.165) is 43.5 Å². The molecule has 0 amide bonds. The van der Waals surface area contributed by atoms with E-state index < -0.39 is 17.6 Å². The predicted octanol–water partition coefficient (Wildman–Crippen LogP) is 0.378. The van der Waals surface area contributed by atoms with Crippen molar-refractivity contribution in [1.29, 1.82) is 0 Å². The van der Waals surface area contributed by atoms with Crippen molar-refractivity contribution in [2.75, 3.05) is 87.7 Å². The maximum atomic E-state index is 10.2. The average molecular weight is 573 g/mol. The first-order chi connectivity index (χ1) is 19.7. The summed E-state index contributed by atoms with van der Waals surface area (Å²) in [6, 6.07) is 5.60. The number of aliphatic carboxylic acids is 1. The Morgan fingerprint density at radius 2 is 1.59 bits per heavy atom. The smallest absolute Gasteiger partial charge is 0.306 e. The third kappa shape index (κ3) is 7.11. The second kappa shape index (κ2) is 13.4. The van der Waals surface area contributed by atoms with Crippen molar-refractivity contribution in [1.82, 2.24) is 9.97 Å². The number of ether oxygens (including phenoxy) is 4. The zero-order valence-corrected chi connectivity index (χ0v) is 23.2. The normalized spacial score (nSPS) is 19.8. The van der Waals surface area contributed by atoms with Crippen LogP contribution in [0.3, 0.4) is 0 Å². The van der Waals surface area contributed by atoms with E-state index in [1.54, 1.807) is 19.5 Å². The van der Waals surface area contributed by atoms with Crippen molar-refractivity contribution < 1.29 is 33.6 Å². The Labute approximate surface area is 237 Å². The van der Waals surface area contributed by atoms with Crippen LogP contribution >= 0.6 is 0 Å². The summed E-state index contributed by atoms with van der Waals surface area (Å²) in [5.74, 6) is 1.11. The molecule has 0 saturated carbocycles. The summed E-state index contributed by atoms with van der Waals surface area (Å²) in [7, 11) is 2.80. The lowest BCUT2D eigenvalue weighted by atomic mass is 9.95. The number of aliphatic imine (C=N–C) groups is 1. The number of benzene rings is 1. The van der Waals surface area contributed by atoms with Crippen molar-refractivity contribution in [3.63, 3.8) is 0 Å². The Bertz CT molecular complexity index is 1230. The molecule has 15 heteroatoms. The number of nitrogen functional groups attached to an aromatic ring is 1. The zero-order valence-electron chi connectivity index (χ0n) is 23.2. The first kappa shape index (κ1) is 29.8. The lowest BCUT2D eigenvalue weighted by Crippen LogP contribution is -2.44. The molecule has 3 aliphatic heterocycles. The second-order valence-electron chi connectivity index (χ2n) is 9.39. The molecule has 222 valence electrons. The minimum Gasteiger partial charge on any atom is -0.495 e. The number of carbonyl (C=O) groups excluding carboxylic acids is 1. The highest BCUT2D eigenvalue weighted by atomic mass is 16.5. The van der Waals surface area contributed by atoms with Crippen molar-refractivity contribution >= 4 is 41.3 Å². The maximum absolute atomic E-state index is 10.2. The van der Waals surface area contributed by atoms with Crippen LogP contribution in [0.2, 0.25) is 0 Å². The summed E-state index contributed by atoms with van der Waals surface area (Å²) < 4.78 is 20.6. The monoisotopic (exact) mass is 572 g/mol. The molecule has 1 unspecified atom stereocenters. The van der Waals surface area contributed by atoms with Crippen molar-refractivity contribution in [3.8, 4) is 5.75 Å². The van der Waals surface area contributed by atoms with Crippen LogP contribution in [0.25, 0.3) is 0 Å². The molecule has 2 saturated heterocycles. The van der Waals surface area contributed by atoms with Crippen LogP contribution in [0.4, 0.5) is 23.0 Å². The first-order valence-electron chi connectivity index (χ1n) is 13.2. The number of esters is 1. The molecular formula is C26H36N8O7. The number of morpholine rings is 2. The summed E-state index contributed by atoms with van der Waals surface area (Å²) in [4.78, 5) is 38.8. The van der Waals surface area contributed by atoms with Crippen LogP contribution in [0.1, 0.15) is 24.2 Å². The zero-order chi connectivity index (χ0) is 29.4. The highest BCUT2D eigenvalue weighted by molar-refractivity contribution is 5.84. The van der Waals surface area contributed by atoms with E-state index >= 15 is 0 Å². The van der Waals surface area contributed by atoms with Gasteiger partial charge in [0.15, 0.2) is 11.5 Å². The van der Waals surface area contributed by atoms with Gasteiger partial charge in [0, 0.05) is 43.9 Å². The number of anilines is 4. The molecular weight excluding hydrogens is 536 g/mol. The summed E-state index contributed by atoms with van der Waals surface area (Å²) in [5.41, 5.74) is 13.7. The number of nitrogens with two attached hydrogens (primary N) is 2. The number of fused-ring (bicyclic) bond motifs is 1. The minimum absolute atomic E-state index is 0.0498. The molecule has 6 N–H and O–H groups in total. The van der Waals surface area contributed by atoms with Crippen LogP contribution in [-0.4, -0.2) is 100 Å². The topological polar surface area (TPSA) is 200 Å². The molecule has 0 aliphatic carbocycles. The first-order valence-corrected chi connectivity index (χ1v) is 13.2. The molecule has 1 aromatic carbocycles. The number of nitrogens with zero attached hydrogens (tertiary/aromatic N) is 5. The molecule has 1 atom stereocenters. The van der Waals surface area contributed by atoms with Gasteiger partial charge in [0.25, 0.3) is 0 Å². The van der Waals surface area contributed by atoms with E-state index in [1.807, 2.05) is 12.1 Å². The molecule has 2 aromatic rings. The largest absolute Gasteiger partial charge is 0.495 e. The van der Waals surface area contributed by atoms with Gasteiger partial charge in [-0.25, -0.2) is 15.0 Å². The van der Waals surface area contributed by atoms with Crippen LogP contribution < -0.4 is 31.3 Å². The number of methoxy groups -OCH3 is 2. The number of rotatable bonds is 7. The molecule has 0 radical (unpaired) electrons. The van der Waals surface area contributed by atoms with Gasteiger partial charge >= 0.3 is 11.9 Å². The summed E-state index contributed by atoms with van der Waals surface area (Å²) in [6.45, 7) is 5.62. The van der Waals surface area contributed by atoms with Crippen molar-refractivity contribution in [2.45, 2.75) is 18.5 Å². The van der Waals surface area contributed by atoms with Gasteiger partial charge in [0.05, 0.1) is 71.2 Å². The standard InChI is InChI=1S/C21H28N8O3.C5H8O4/c1-30-17-11-16-14(10-15(17)22)21(23,25-13-24-16)20-26-18(28-2-6-31-7-3-28)12-19(27-20)29-4-8-32-9-5-29;1-9-5(8)3-2-4(6)7/h10-13H,2-9,22-23H2,1H3,(H,24,25);2-3H2,1H3,(H,6,7). The lowest BCUT2D eigenvalue weighted by molar-refractivity contribution is -0.145. The second-order valence-corrected chi connectivity index (χ2v) is 9.39. The SMILES string of the molecule is COC(=O)CCC(=O)O.COc1cc2c(cc1N)C(N)(c1nc(N3CCOCC3)cc(N3CCOCC3)n1)N=CN2. The van der Waals surface area contributed by atoms with E-state index in [4.69, 9.17) is 40.8 Å². The van der Waals surface area contributed by atoms with E-state index in [0.29, 0.717) is 49.3 Å². The highest BCUT2D eigenvalue weighted by Crippen LogP contribution is 2.40. The quantitative estimate of drug-likeness (QED) is 0.262. The van der Waals surface area contributed by atoms with Gasteiger partial charge in [-0.15, -0.1) is 0 Å². The van der Waals surface area contributed by atoms with Gasteiger partial charge in [-0.1, -0.05) is 0 Å². The fourth-order valence-corrected chi connectivity index (χ4v) is 4.47. The Morgan fingerprint density at radius 1 is 1.00 bits per heavy atom. The lowest BCUT2D eigenvalue weighted by Gasteiger charge is -2.34. The van der Waals surface area contributed by atoms with Gasteiger partial charge < -0.3 is 44.9 Å². The number of aromatic nitrogens is 2. The number of carbonyl (C=O) groups is 2. The summed E-state index contributed by atoms with van der Waals surface area (Å²) in [5, 5.41) is 11.2. The average Bonchev–Trinajstić information content (AvgIpc) is 3.01. The molecule has 15 nitrogen and oxygen atoms in total. The van der Waals surface area contributed by atoms with Gasteiger partial charge in [0.1, 0.15) is 17.4 Å². The van der Waals surface area contributed by atoms with E-state index in [2.05, 4.69) is 24.8 Å². The van der Waals surface area contributed by atoms with E-state index in [1.165, 1.54) is 7.11 Å². The predicted molar refractivity (Wildman–Crippen MR) is 151 cm³/mol. The molecule has 1 aromatic heterocycles. The third-order valence-electron chi connectivity index (χ3n) is 6.75. The Morgan fingerprint density at radius 3 is 2.10 bits per heavy atom. The Kier molecular flexibility index (Phi) is 9.75. The number of carboxylic acids is 1. The van der Waals surface area contributed by atoms with Crippen molar-refractivity contribution in [2.24, 2.45) is 10.7 Å². The molecule has 0 spiro atoms. The van der Waals surface area contributed by atoms with Crippen LogP contribution in [-0.2, 0) is 29.5 Å². The fourth-order valence-electron chi connectivity index (χ4n) is 4.47. The molecule has 2 fully saturated rings. The molecule has 4 heterocycles. The maximum Gasteiger partial charge on any atom is 0.306 e. The summed E-state index contributed by atoms with van der Waals surface area (Å²) in [6.07, 6.45) is 1.36. The number of carboxylic acid groups (broad SMARTS) is 1. The van der Waals surface area contributed by atoms with Gasteiger partial charge in [0.2, 0.25) is 0 Å². The molecule has 0 bridgehead atoms. The van der Waals surface area contributed by atoms with Gasteiger partial charge in [-0.05, 0) is 6.07 Å². The minimum atomic E-state index is -1.30. The van der Waals surface area contributed by atoms with Gasteiger partial charge in [-0.2, -0.15) is 0 Å². The Hall–Kier alpha value is -4.21. The molecule has 41 heavy (non-hydrogen) atoms. The number of hydrogen-bond acceptors (Lipinski definition) is 14. The van der Waals surface area contributed by atoms with E-state index in [-0.39, 0.29) is 12.8 Å². The fraction of sp³-hybridized carbons (Fsp3) is 0.500.